The number of methoxy groups -OCH3 is 2. The first-order chi connectivity index (χ1) is 8.06. The summed E-state index contributed by atoms with van der Waals surface area (Å²) in [5.74, 6) is -1.12. The fraction of sp³-hybridized carbons (Fsp3) is 0.800. The minimum Gasteiger partial charge on any atom is -0.480 e. The quantitative estimate of drug-likeness (QED) is 0.590. The standard InChI is InChI=1S/C10H18N2O5/c1-16-5-8(9(13)14)12-10(15)11-6-3-7(4-6)17-2/h6-8H,3-5H2,1-2H3,(H,13,14)(H2,11,12,15). The van der Waals surface area contributed by atoms with Gasteiger partial charge in [0, 0.05) is 20.3 Å². The lowest BCUT2D eigenvalue weighted by Crippen LogP contribution is -2.54. The van der Waals surface area contributed by atoms with E-state index in [1.807, 2.05) is 0 Å². The lowest BCUT2D eigenvalue weighted by molar-refractivity contribution is -0.140. The highest BCUT2D eigenvalue weighted by molar-refractivity contribution is 5.82. The number of carboxylic acids is 1. The number of urea groups is 1. The molecule has 0 radical (unpaired) electrons. The molecule has 0 bridgehead atoms. The Kier molecular flexibility index (Phi) is 5.17. The van der Waals surface area contributed by atoms with Crippen LogP contribution >= 0.6 is 0 Å². The Hall–Kier alpha value is -1.34. The molecule has 1 rings (SSSR count). The maximum absolute atomic E-state index is 11.4. The van der Waals surface area contributed by atoms with Gasteiger partial charge in [0.05, 0.1) is 12.7 Å². The Morgan fingerprint density at radius 1 is 1.41 bits per heavy atom. The van der Waals surface area contributed by atoms with Crippen LogP contribution in [0.1, 0.15) is 12.8 Å². The summed E-state index contributed by atoms with van der Waals surface area (Å²) in [7, 11) is 3.00. The van der Waals surface area contributed by atoms with Crippen LogP contribution in [0.15, 0.2) is 0 Å². The maximum atomic E-state index is 11.4. The SMILES string of the molecule is COCC(NC(=O)NC1CC(OC)C1)C(=O)O. The summed E-state index contributed by atoms with van der Waals surface area (Å²) in [5.41, 5.74) is 0. The van der Waals surface area contributed by atoms with Crippen molar-refractivity contribution in [1.29, 1.82) is 0 Å². The summed E-state index contributed by atoms with van der Waals surface area (Å²) in [5, 5.41) is 13.8. The van der Waals surface area contributed by atoms with Gasteiger partial charge in [0.15, 0.2) is 6.04 Å². The van der Waals surface area contributed by atoms with Crippen molar-refractivity contribution >= 4 is 12.0 Å². The highest BCUT2D eigenvalue weighted by Crippen LogP contribution is 2.22. The van der Waals surface area contributed by atoms with E-state index in [0.717, 1.165) is 12.8 Å². The highest BCUT2D eigenvalue weighted by atomic mass is 16.5. The van der Waals surface area contributed by atoms with E-state index in [4.69, 9.17) is 14.6 Å². The third-order valence-electron chi connectivity index (χ3n) is 2.70. The van der Waals surface area contributed by atoms with Crippen molar-refractivity contribution in [1.82, 2.24) is 10.6 Å². The van der Waals surface area contributed by atoms with Crippen molar-refractivity contribution in [3.63, 3.8) is 0 Å². The zero-order valence-electron chi connectivity index (χ0n) is 9.93. The predicted octanol–water partition coefficient (Wildman–Crippen LogP) is -0.437. The van der Waals surface area contributed by atoms with E-state index in [2.05, 4.69) is 10.6 Å². The summed E-state index contributed by atoms with van der Waals surface area (Å²) in [4.78, 5) is 22.2. The lowest BCUT2D eigenvalue weighted by Gasteiger charge is -2.34. The molecule has 98 valence electrons. The molecule has 0 aromatic carbocycles. The van der Waals surface area contributed by atoms with Crippen LogP contribution in [0.4, 0.5) is 4.79 Å². The number of hydrogen-bond acceptors (Lipinski definition) is 4. The number of carboxylic acid groups (broad SMARTS) is 1. The molecule has 3 N–H and O–H groups in total. The topological polar surface area (TPSA) is 96.9 Å². The Bertz CT molecular complexity index is 278. The van der Waals surface area contributed by atoms with Gasteiger partial charge in [-0.1, -0.05) is 0 Å². The fourth-order valence-electron chi connectivity index (χ4n) is 1.60. The van der Waals surface area contributed by atoms with Crippen molar-refractivity contribution in [2.24, 2.45) is 0 Å². The van der Waals surface area contributed by atoms with Crippen LogP contribution < -0.4 is 10.6 Å². The van der Waals surface area contributed by atoms with E-state index in [1.54, 1.807) is 7.11 Å². The van der Waals surface area contributed by atoms with Crippen LogP contribution in [-0.2, 0) is 14.3 Å². The first kappa shape index (κ1) is 13.7. The molecule has 0 spiro atoms. The Balaban J connectivity index is 2.26. The predicted molar refractivity (Wildman–Crippen MR) is 58.8 cm³/mol. The number of carbonyl (C=O) groups is 2. The van der Waals surface area contributed by atoms with Gasteiger partial charge in [-0.25, -0.2) is 9.59 Å². The van der Waals surface area contributed by atoms with E-state index in [1.165, 1.54) is 7.11 Å². The van der Waals surface area contributed by atoms with Crippen molar-refractivity contribution in [3.8, 4) is 0 Å². The van der Waals surface area contributed by atoms with Crippen molar-refractivity contribution < 1.29 is 24.2 Å². The number of nitrogens with one attached hydrogen (secondary N) is 2. The molecule has 7 heteroatoms. The van der Waals surface area contributed by atoms with Gasteiger partial charge in [-0.05, 0) is 12.8 Å². The molecule has 1 unspecified atom stereocenters. The van der Waals surface area contributed by atoms with Crippen LogP contribution in [0.25, 0.3) is 0 Å². The Morgan fingerprint density at radius 2 is 2.06 bits per heavy atom. The molecule has 0 aromatic rings. The number of ether oxygens (including phenoxy) is 2. The monoisotopic (exact) mass is 246 g/mol. The van der Waals surface area contributed by atoms with Crippen molar-refractivity contribution in [3.05, 3.63) is 0 Å². The number of hydrogen-bond donors (Lipinski definition) is 3. The van der Waals surface area contributed by atoms with Gasteiger partial charge in [0.2, 0.25) is 0 Å². The molecule has 17 heavy (non-hydrogen) atoms. The zero-order chi connectivity index (χ0) is 12.8. The van der Waals surface area contributed by atoms with E-state index in [0.29, 0.717) is 0 Å². The summed E-state index contributed by atoms with van der Waals surface area (Å²) < 4.78 is 9.77. The van der Waals surface area contributed by atoms with Gasteiger partial charge >= 0.3 is 12.0 Å². The van der Waals surface area contributed by atoms with Gasteiger partial charge in [0.1, 0.15) is 0 Å². The van der Waals surface area contributed by atoms with E-state index >= 15 is 0 Å². The molecule has 0 saturated heterocycles. The second-order valence-corrected chi connectivity index (χ2v) is 3.99. The normalized spacial score (nSPS) is 24.6. The summed E-state index contributed by atoms with van der Waals surface area (Å²) in [6, 6.07) is -1.47. The molecule has 1 aliphatic rings. The summed E-state index contributed by atoms with van der Waals surface area (Å²) in [6.07, 6.45) is 1.70. The van der Waals surface area contributed by atoms with E-state index in [9.17, 15) is 9.59 Å². The number of rotatable bonds is 6. The van der Waals surface area contributed by atoms with Gasteiger partial charge in [-0.2, -0.15) is 0 Å². The molecule has 2 amide bonds. The van der Waals surface area contributed by atoms with Gasteiger partial charge < -0.3 is 25.2 Å². The van der Waals surface area contributed by atoms with Crippen LogP contribution in [0.2, 0.25) is 0 Å². The molecule has 1 saturated carbocycles. The van der Waals surface area contributed by atoms with Crippen LogP contribution in [0.5, 0.6) is 0 Å². The summed E-state index contributed by atoms with van der Waals surface area (Å²) >= 11 is 0. The molecular weight excluding hydrogens is 228 g/mol. The molecule has 1 aliphatic carbocycles. The largest absolute Gasteiger partial charge is 0.480 e. The van der Waals surface area contributed by atoms with Gasteiger partial charge in [-0.15, -0.1) is 0 Å². The molecule has 1 fully saturated rings. The van der Waals surface area contributed by atoms with Crippen LogP contribution in [0, 0.1) is 0 Å². The third kappa shape index (κ3) is 4.20. The number of aliphatic carboxylic acids is 1. The number of carbonyl (C=O) groups excluding carboxylic acids is 1. The van der Waals surface area contributed by atoms with Crippen molar-refractivity contribution in [2.45, 2.75) is 31.0 Å². The van der Waals surface area contributed by atoms with Gasteiger partial charge in [-0.3, -0.25) is 0 Å². The first-order valence-corrected chi connectivity index (χ1v) is 5.38. The Labute approximate surface area is 99.5 Å². The van der Waals surface area contributed by atoms with Crippen LogP contribution in [0.3, 0.4) is 0 Å². The molecular formula is C10H18N2O5. The molecule has 0 aromatic heterocycles. The smallest absolute Gasteiger partial charge is 0.328 e. The molecule has 0 heterocycles. The molecule has 1 atom stereocenters. The maximum Gasteiger partial charge on any atom is 0.328 e. The molecule has 7 nitrogen and oxygen atoms in total. The minimum atomic E-state index is -1.12. The average Bonchev–Trinajstić information content (AvgIpc) is 2.22. The fourth-order valence-corrected chi connectivity index (χ4v) is 1.60. The summed E-state index contributed by atoms with van der Waals surface area (Å²) in [6.45, 7) is -0.0614. The average molecular weight is 246 g/mol. The lowest BCUT2D eigenvalue weighted by atomic mass is 9.89. The zero-order valence-corrected chi connectivity index (χ0v) is 9.93. The minimum absolute atomic E-state index is 0.0527. The van der Waals surface area contributed by atoms with Gasteiger partial charge in [0.25, 0.3) is 0 Å². The second-order valence-electron chi connectivity index (χ2n) is 3.99. The number of amides is 2. The van der Waals surface area contributed by atoms with Crippen LogP contribution in [-0.4, -0.2) is 56.1 Å². The Morgan fingerprint density at radius 3 is 2.53 bits per heavy atom. The van der Waals surface area contributed by atoms with Crippen molar-refractivity contribution in [2.75, 3.05) is 20.8 Å². The second kappa shape index (κ2) is 6.41. The van der Waals surface area contributed by atoms with E-state index < -0.39 is 18.0 Å². The van der Waals surface area contributed by atoms with E-state index in [-0.39, 0.29) is 18.8 Å². The molecule has 0 aliphatic heterocycles. The first-order valence-electron chi connectivity index (χ1n) is 5.38. The highest BCUT2D eigenvalue weighted by Gasteiger charge is 2.31. The third-order valence-corrected chi connectivity index (χ3v) is 2.70.